The zero-order chi connectivity index (χ0) is 11.9. The molecular formula is C10H24N2O3. The van der Waals surface area contributed by atoms with Crippen LogP contribution in [0.2, 0.25) is 0 Å². The van der Waals surface area contributed by atoms with Crippen molar-refractivity contribution in [3.05, 3.63) is 0 Å². The van der Waals surface area contributed by atoms with E-state index in [4.69, 9.17) is 21.3 Å². The Morgan fingerprint density at radius 1 is 1.20 bits per heavy atom. The second kappa shape index (κ2) is 7.14. The summed E-state index contributed by atoms with van der Waals surface area (Å²) in [7, 11) is 0. The molecule has 0 aliphatic rings. The quantitative estimate of drug-likeness (QED) is 0.401. The molecule has 5 heteroatoms. The SMILES string of the molecule is CC(N)CC(O)(COCCO)CC(C)N. The number of ether oxygens (including phenoxy) is 1. The van der Waals surface area contributed by atoms with Crippen LogP contribution in [0.1, 0.15) is 26.7 Å². The number of hydrogen-bond donors (Lipinski definition) is 4. The van der Waals surface area contributed by atoms with Crippen molar-refractivity contribution >= 4 is 0 Å². The maximum Gasteiger partial charge on any atom is 0.0909 e. The maximum atomic E-state index is 10.2. The molecule has 0 rings (SSSR count). The lowest BCUT2D eigenvalue weighted by atomic mass is 9.90. The van der Waals surface area contributed by atoms with Gasteiger partial charge < -0.3 is 26.4 Å². The Morgan fingerprint density at radius 3 is 2.00 bits per heavy atom. The number of rotatable bonds is 8. The van der Waals surface area contributed by atoms with Gasteiger partial charge in [0.25, 0.3) is 0 Å². The van der Waals surface area contributed by atoms with Crippen molar-refractivity contribution in [3.63, 3.8) is 0 Å². The van der Waals surface area contributed by atoms with Gasteiger partial charge in [0.05, 0.1) is 25.4 Å². The second-order valence-electron chi connectivity index (χ2n) is 4.36. The number of aliphatic hydroxyl groups is 2. The summed E-state index contributed by atoms with van der Waals surface area (Å²) in [5.41, 5.74) is 10.3. The van der Waals surface area contributed by atoms with Gasteiger partial charge in [0.2, 0.25) is 0 Å². The molecule has 0 aromatic carbocycles. The first kappa shape index (κ1) is 14.8. The third kappa shape index (κ3) is 7.70. The first-order valence-electron chi connectivity index (χ1n) is 5.32. The molecular weight excluding hydrogens is 196 g/mol. The smallest absolute Gasteiger partial charge is 0.0909 e. The van der Waals surface area contributed by atoms with Crippen LogP contribution in [-0.4, -0.2) is 47.7 Å². The fourth-order valence-electron chi connectivity index (χ4n) is 1.73. The second-order valence-corrected chi connectivity index (χ2v) is 4.36. The van der Waals surface area contributed by atoms with Crippen molar-refractivity contribution in [2.24, 2.45) is 11.5 Å². The molecule has 0 aromatic rings. The molecule has 0 spiro atoms. The van der Waals surface area contributed by atoms with Gasteiger partial charge in [0, 0.05) is 12.1 Å². The number of nitrogens with two attached hydrogens (primary N) is 2. The molecule has 0 bridgehead atoms. The van der Waals surface area contributed by atoms with Crippen molar-refractivity contribution in [3.8, 4) is 0 Å². The zero-order valence-corrected chi connectivity index (χ0v) is 9.65. The van der Waals surface area contributed by atoms with Gasteiger partial charge in [-0.2, -0.15) is 0 Å². The van der Waals surface area contributed by atoms with Gasteiger partial charge in [-0.1, -0.05) is 0 Å². The Morgan fingerprint density at radius 2 is 1.67 bits per heavy atom. The molecule has 92 valence electrons. The molecule has 6 N–H and O–H groups in total. The van der Waals surface area contributed by atoms with Crippen LogP contribution >= 0.6 is 0 Å². The molecule has 0 saturated carbocycles. The van der Waals surface area contributed by atoms with Gasteiger partial charge in [-0.3, -0.25) is 0 Å². The van der Waals surface area contributed by atoms with Gasteiger partial charge in [-0.25, -0.2) is 0 Å². The monoisotopic (exact) mass is 220 g/mol. The van der Waals surface area contributed by atoms with Gasteiger partial charge in [0.1, 0.15) is 0 Å². The normalized spacial score (nSPS) is 19.6. The third-order valence-corrected chi connectivity index (χ3v) is 2.01. The minimum atomic E-state index is -0.989. The molecule has 2 unspecified atom stereocenters. The lowest BCUT2D eigenvalue weighted by Gasteiger charge is -2.31. The van der Waals surface area contributed by atoms with Crippen molar-refractivity contribution in [2.75, 3.05) is 19.8 Å². The van der Waals surface area contributed by atoms with Gasteiger partial charge >= 0.3 is 0 Å². The van der Waals surface area contributed by atoms with E-state index in [2.05, 4.69) is 0 Å². The van der Waals surface area contributed by atoms with Crippen LogP contribution in [0.4, 0.5) is 0 Å². The molecule has 0 aliphatic carbocycles. The summed E-state index contributed by atoms with van der Waals surface area (Å²) in [4.78, 5) is 0. The lowest BCUT2D eigenvalue weighted by Crippen LogP contribution is -2.44. The summed E-state index contributed by atoms with van der Waals surface area (Å²) < 4.78 is 5.14. The largest absolute Gasteiger partial charge is 0.394 e. The van der Waals surface area contributed by atoms with Crippen LogP contribution in [-0.2, 0) is 4.74 Å². The molecule has 0 amide bonds. The number of hydrogen-bond acceptors (Lipinski definition) is 5. The average Bonchev–Trinajstić information content (AvgIpc) is 2.00. The molecule has 2 atom stereocenters. The van der Waals surface area contributed by atoms with Crippen molar-refractivity contribution < 1.29 is 14.9 Å². The van der Waals surface area contributed by atoms with E-state index < -0.39 is 5.60 Å². The predicted molar refractivity (Wildman–Crippen MR) is 59.4 cm³/mol. The predicted octanol–water partition coefficient (Wildman–Crippen LogP) is -0.799. The van der Waals surface area contributed by atoms with Crippen LogP contribution in [0.5, 0.6) is 0 Å². The summed E-state index contributed by atoms with van der Waals surface area (Å²) in [6.07, 6.45) is 0.889. The molecule has 15 heavy (non-hydrogen) atoms. The van der Waals surface area contributed by atoms with Crippen molar-refractivity contribution in [1.82, 2.24) is 0 Å². The Balaban J connectivity index is 4.14. The van der Waals surface area contributed by atoms with E-state index in [1.165, 1.54) is 0 Å². The maximum absolute atomic E-state index is 10.2. The first-order chi connectivity index (χ1) is 6.89. The van der Waals surface area contributed by atoms with Gasteiger partial charge in [-0.05, 0) is 26.7 Å². The first-order valence-corrected chi connectivity index (χ1v) is 5.32. The number of aliphatic hydroxyl groups excluding tert-OH is 1. The highest BCUT2D eigenvalue weighted by Gasteiger charge is 2.29. The van der Waals surface area contributed by atoms with Gasteiger partial charge in [0.15, 0.2) is 0 Å². The van der Waals surface area contributed by atoms with E-state index in [0.29, 0.717) is 12.8 Å². The minimum absolute atomic E-state index is 0.0492. The highest BCUT2D eigenvalue weighted by Crippen LogP contribution is 2.19. The molecule has 0 saturated heterocycles. The van der Waals surface area contributed by atoms with Crippen molar-refractivity contribution in [1.29, 1.82) is 0 Å². The molecule has 0 fully saturated rings. The van der Waals surface area contributed by atoms with Gasteiger partial charge in [-0.15, -0.1) is 0 Å². The average molecular weight is 220 g/mol. The Kier molecular flexibility index (Phi) is 7.04. The van der Waals surface area contributed by atoms with E-state index in [-0.39, 0.29) is 31.9 Å². The molecule has 5 nitrogen and oxygen atoms in total. The molecule has 0 aliphatic heterocycles. The zero-order valence-electron chi connectivity index (χ0n) is 9.65. The highest BCUT2D eigenvalue weighted by molar-refractivity contribution is 4.84. The fraction of sp³-hybridized carbons (Fsp3) is 1.00. The van der Waals surface area contributed by atoms with E-state index in [1.54, 1.807) is 0 Å². The highest BCUT2D eigenvalue weighted by atomic mass is 16.5. The Labute approximate surface area is 91.4 Å². The summed E-state index contributed by atoms with van der Waals surface area (Å²) in [5, 5.41) is 18.8. The van der Waals surface area contributed by atoms with E-state index >= 15 is 0 Å². The van der Waals surface area contributed by atoms with Crippen LogP contribution in [0.25, 0.3) is 0 Å². The van der Waals surface area contributed by atoms with E-state index in [9.17, 15) is 5.11 Å². The molecule has 0 aromatic heterocycles. The third-order valence-electron chi connectivity index (χ3n) is 2.01. The van der Waals surface area contributed by atoms with E-state index in [1.807, 2.05) is 13.8 Å². The van der Waals surface area contributed by atoms with Crippen LogP contribution in [0, 0.1) is 0 Å². The standard InChI is InChI=1S/C10H24N2O3/c1-8(11)5-10(14,6-9(2)12)7-15-4-3-13/h8-9,13-14H,3-7,11-12H2,1-2H3. The summed E-state index contributed by atoms with van der Waals surface area (Å²) in [5.74, 6) is 0. The summed E-state index contributed by atoms with van der Waals surface area (Å²) >= 11 is 0. The molecule has 0 radical (unpaired) electrons. The Hall–Kier alpha value is -0.200. The summed E-state index contributed by atoms with van der Waals surface area (Å²) in [6, 6.07) is -0.210. The molecule has 0 heterocycles. The fourth-order valence-corrected chi connectivity index (χ4v) is 1.73. The van der Waals surface area contributed by atoms with Crippen LogP contribution in [0.3, 0.4) is 0 Å². The van der Waals surface area contributed by atoms with Crippen molar-refractivity contribution in [2.45, 2.75) is 44.4 Å². The topological polar surface area (TPSA) is 102 Å². The lowest BCUT2D eigenvalue weighted by molar-refractivity contribution is -0.0675. The Bertz CT molecular complexity index is 153. The van der Waals surface area contributed by atoms with Crippen LogP contribution < -0.4 is 11.5 Å². The van der Waals surface area contributed by atoms with Crippen LogP contribution in [0.15, 0.2) is 0 Å². The van der Waals surface area contributed by atoms with E-state index in [0.717, 1.165) is 0 Å². The summed E-state index contributed by atoms with van der Waals surface area (Å²) in [6.45, 7) is 4.00. The minimum Gasteiger partial charge on any atom is -0.394 e.